The van der Waals surface area contributed by atoms with E-state index in [1.54, 1.807) is 4.68 Å². The number of carbonyl (C=O) groups is 1. The third-order valence-electron chi connectivity index (χ3n) is 6.92. The van der Waals surface area contributed by atoms with E-state index in [2.05, 4.69) is 17.6 Å². The van der Waals surface area contributed by atoms with Gasteiger partial charge < -0.3 is 15.4 Å². The monoisotopic (exact) mass is 573 g/mol. The van der Waals surface area contributed by atoms with Crippen molar-refractivity contribution in [1.29, 1.82) is 0 Å². The first-order valence-corrected chi connectivity index (χ1v) is 14.6. The second-order valence-electron chi connectivity index (χ2n) is 9.70. The summed E-state index contributed by atoms with van der Waals surface area (Å²) in [4.78, 5) is 18.8. The number of nitrogens with zero attached hydrogens (tertiary/aromatic N) is 3. The zero-order valence-corrected chi connectivity index (χ0v) is 24.6. The number of allylic oxidation sites excluding steroid dienone is 1. The van der Waals surface area contributed by atoms with Crippen molar-refractivity contribution in [1.82, 2.24) is 14.8 Å². The van der Waals surface area contributed by atoms with Gasteiger partial charge in [0.05, 0.1) is 12.2 Å². The molecule has 0 aliphatic carbocycles. The van der Waals surface area contributed by atoms with Crippen LogP contribution in [0.2, 0.25) is 5.02 Å². The van der Waals surface area contributed by atoms with Crippen LogP contribution in [0, 0.1) is 13.8 Å². The molecule has 9 heteroatoms. The molecule has 0 saturated carbocycles. The number of carbonyl (C=O) groups excluding carboxylic acids is 1. The summed E-state index contributed by atoms with van der Waals surface area (Å²) in [6, 6.07) is 20.9. The third kappa shape index (κ3) is 5.74. The average Bonchev–Trinajstić information content (AvgIpc) is 3.35. The van der Waals surface area contributed by atoms with Gasteiger partial charge in [0, 0.05) is 27.7 Å². The molecule has 5 rings (SSSR count). The first kappa shape index (κ1) is 27.8. The summed E-state index contributed by atoms with van der Waals surface area (Å²) in [6.07, 6.45) is 0.868. The van der Waals surface area contributed by atoms with E-state index < -0.39 is 6.04 Å². The molecule has 2 N–H and O–H groups in total. The van der Waals surface area contributed by atoms with Crippen LogP contribution in [0.5, 0.6) is 5.75 Å². The maximum atomic E-state index is 14.0. The van der Waals surface area contributed by atoms with E-state index in [9.17, 15) is 4.79 Å². The standard InChI is InChI=1S/C31H32ClN5O2S/c1-5-17-39-26-16-9-7-13-23(26)28-27(29(38)34-25-15-10-11-19(2)20(25)3)21(4)33-30-35-31(36-37(28)30)40-18-22-12-6-8-14-24(22)32/h6-16,28H,5,17-18H2,1-4H3,(H,34,38)(H,33,35,36). The number of amides is 1. The van der Waals surface area contributed by atoms with Crippen LogP contribution in [-0.2, 0) is 10.5 Å². The number of aromatic nitrogens is 3. The first-order chi connectivity index (χ1) is 19.4. The van der Waals surface area contributed by atoms with Crippen molar-refractivity contribution < 1.29 is 9.53 Å². The Kier molecular flexibility index (Phi) is 8.47. The molecule has 4 aromatic rings. The number of nitrogens with one attached hydrogen (secondary N) is 2. The van der Waals surface area contributed by atoms with Crippen molar-refractivity contribution in [3.05, 3.63) is 105 Å². The van der Waals surface area contributed by atoms with Crippen molar-refractivity contribution in [3.8, 4) is 5.75 Å². The Labute approximate surface area is 244 Å². The van der Waals surface area contributed by atoms with E-state index in [1.165, 1.54) is 11.8 Å². The van der Waals surface area contributed by atoms with Crippen LogP contribution in [0.25, 0.3) is 0 Å². The second kappa shape index (κ2) is 12.2. The summed E-state index contributed by atoms with van der Waals surface area (Å²) in [5.74, 6) is 1.70. The Hall–Kier alpha value is -3.75. The lowest BCUT2D eigenvalue weighted by Crippen LogP contribution is -2.32. The quantitative estimate of drug-likeness (QED) is 0.201. The molecular formula is C31H32ClN5O2S. The van der Waals surface area contributed by atoms with E-state index in [0.29, 0.717) is 45.5 Å². The summed E-state index contributed by atoms with van der Waals surface area (Å²) >= 11 is 7.87. The molecule has 0 radical (unpaired) electrons. The molecule has 7 nitrogen and oxygen atoms in total. The van der Waals surface area contributed by atoms with E-state index in [1.807, 2.05) is 87.5 Å². The largest absolute Gasteiger partial charge is 0.493 e. The van der Waals surface area contributed by atoms with Crippen LogP contribution in [0.3, 0.4) is 0 Å². The second-order valence-corrected chi connectivity index (χ2v) is 11.0. The molecule has 0 spiro atoms. The Morgan fingerprint density at radius 1 is 1.07 bits per heavy atom. The molecule has 40 heavy (non-hydrogen) atoms. The molecule has 0 saturated heterocycles. The van der Waals surface area contributed by atoms with Crippen LogP contribution in [0.15, 0.2) is 83.2 Å². The lowest BCUT2D eigenvalue weighted by atomic mass is 9.94. The van der Waals surface area contributed by atoms with Crippen molar-refractivity contribution in [2.24, 2.45) is 0 Å². The van der Waals surface area contributed by atoms with Gasteiger partial charge in [0.25, 0.3) is 5.91 Å². The summed E-state index contributed by atoms with van der Waals surface area (Å²) in [7, 11) is 0. The van der Waals surface area contributed by atoms with Gasteiger partial charge in [-0.25, -0.2) is 4.68 Å². The highest BCUT2D eigenvalue weighted by Gasteiger charge is 2.36. The zero-order chi connectivity index (χ0) is 28.2. The van der Waals surface area contributed by atoms with Gasteiger partial charge in [-0.1, -0.05) is 78.8 Å². The van der Waals surface area contributed by atoms with Gasteiger partial charge >= 0.3 is 0 Å². The Bertz CT molecular complexity index is 1580. The van der Waals surface area contributed by atoms with Gasteiger partial charge in [-0.15, -0.1) is 5.10 Å². The normalized spacial score (nSPS) is 14.5. The van der Waals surface area contributed by atoms with Gasteiger partial charge in [-0.2, -0.15) is 4.98 Å². The number of fused-ring (bicyclic) bond motifs is 1. The smallest absolute Gasteiger partial charge is 0.255 e. The van der Waals surface area contributed by atoms with E-state index >= 15 is 0 Å². The van der Waals surface area contributed by atoms with E-state index in [-0.39, 0.29) is 5.91 Å². The van der Waals surface area contributed by atoms with Gasteiger partial charge in [0.2, 0.25) is 11.1 Å². The minimum absolute atomic E-state index is 0.208. The number of thioether (sulfide) groups is 1. The fourth-order valence-corrected chi connectivity index (χ4v) is 5.77. The number of anilines is 2. The minimum atomic E-state index is -0.545. The fourth-order valence-electron chi connectivity index (χ4n) is 4.66. The zero-order valence-electron chi connectivity index (χ0n) is 23.0. The van der Waals surface area contributed by atoms with Crippen LogP contribution in [0.1, 0.15) is 48.6 Å². The summed E-state index contributed by atoms with van der Waals surface area (Å²) < 4.78 is 7.93. The fraction of sp³-hybridized carbons (Fsp3) is 0.258. The highest BCUT2D eigenvalue weighted by Crippen LogP contribution is 2.40. The predicted octanol–water partition coefficient (Wildman–Crippen LogP) is 7.56. The van der Waals surface area contributed by atoms with Crippen LogP contribution in [-0.4, -0.2) is 27.3 Å². The molecule has 1 aliphatic heterocycles. The minimum Gasteiger partial charge on any atom is -0.493 e. The van der Waals surface area contributed by atoms with Crippen LogP contribution >= 0.6 is 23.4 Å². The number of benzene rings is 3. The Morgan fingerprint density at radius 2 is 1.85 bits per heavy atom. The highest BCUT2D eigenvalue weighted by molar-refractivity contribution is 7.98. The topological polar surface area (TPSA) is 81.1 Å². The number of ether oxygens (including phenoxy) is 1. The van der Waals surface area contributed by atoms with Crippen molar-refractivity contribution in [3.63, 3.8) is 0 Å². The number of rotatable bonds is 9. The SMILES string of the molecule is CCCOc1ccccc1C1C(C(=O)Nc2cccc(C)c2C)=C(C)Nc2nc(SCc3ccccc3Cl)nn21. The van der Waals surface area contributed by atoms with Crippen LogP contribution in [0.4, 0.5) is 11.6 Å². The maximum absolute atomic E-state index is 14.0. The molecular weight excluding hydrogens is 542 g/mol. The molecule has 1 aromatic heterocycles. The summed E-state index contributed by atoms with van der Waals surface area (Å²) in [6.45, 7) is 8.57. The van der Waals surface area contributed by atoms with Gasteiger partial charge in [0.15, 0.2) is 0 Å². The molecule has 3 aromatic carbocycles. The maximum Gasteiger partial charge on any atom is 0.255 e. The lowest BCUT2D eigenvalue weighted by molar-refractivity contribution is -0.113. The number of para-hydroxylation sites is 1. The molecule has 1 amide bonds. The summed E-state index contributed by atoms with van der Waals surface area (Å²) in [5, 5.41) is 12.6. The molecule has 1 atom stereocenters. The van der Waals surface area contributed by atoms with Crippen LogP contribution < -0.4 is 15.4 Å². The van der Waals surface area contributed by atoms with Crippen molar-refractivity contribution in [2.75, 3.05) is 17.2 Å². The highest BCUT2D eigenvalue weighted by atomic mass is 35.5. The summed E-state index contributed by atoms with van der Waals surface area (Å²) in [5.41, 5.74) is 6.03. The average molecular weight is 574 g/mol. The molecule has 1 unspecified atom stereocenters. The van der Waals surface area contributed by atoms with Crippen molar-refractivity contribution in [2.45, 2.75) is 51.1 Å². The lowest BCUT2D eigenvalue weighted by Gasteiger charge is -2.30. The van der Waals surface area contributed by atoms with Gasteiger partial charge in [0.1, 0.15) is 11.8 Å². The van der Waals surface area contributed by atoms with E-state index in [4.69, 9.17) is 26.4 Å². The molecule has 0 fully saturated rings. The van der Waals surface area contributed by atoms with Gasteiger partial charge in [-0.05, 0) is 62.1 Å². The van der Waals surface area contributed by atoms with E-state index in [0.717, 1.165) is 34.4 Å². The number of hydrogen-bond acceptors (Lipinski definition) is 6. The Balaban J connectivity index is 1.54. The molecule has 1 aliphatic rings. The number of halogens is 1. The predicted molar refractivity (Wildman–Crippen MR) is 162 cm³/mol. The molecule has 2 heterocycles. The molecule has 0 bridgehead atoms. The third-order valence-corrected chi connectivity index (χ3v) is 8.18. The molecule has 206 valence electrons. The number of aryl methyl sites for hydroxylation is 1. The van der Waals surface area contributed by atoms with Crippen molar-refractivity contribution >= 4 is 40.9 Å². The first-order valence-electron chi connectivity index (χ1n) is 13.3. The van der Waals surface area contributed by atoms with Gasteiger partial charge in [-0.3, -0.25) is 4.79 Å². The Morgan fingerprint density at radius 3 is 2.65 bits per heavy atom. The number of hydrogen-bond donors (Lipinski definition) is 2.